The van der Waals surface area contributed by atoms with Gasteiger partial charge in [0.25, 0.3) is 11.8 Å². The van der Waals surface area contributed by atoms with E-state index < -0.39 is 23.8 Å². The van der Waals surface area contributed by atoms with E-state index in [9.17, 15) is 14.4 Å². The number of amides is 3. The number of nitrogens with zero attached hydrogens (tertiary/aromatic N) is 1. The summed E-state index contributed by atoms with van der Waals surface area (Å²) < 4.78 is 0. The largest absolute Gasteiger partial charge is 0.337 e. The fraction of sp³-hybridized carbons (Fsp3) is 0.167. The monoisotopic (exact) mass is 277 g/mol. The fourth-order valence-electron chi connectivity index (χ4n) is 1.73. The first kappa shape index (κ1) is 13.2. The Labute approximate surface area is 114 Å². The van der Waals surface area contributed by atoms with Crippen LogP contribution in [-0.4, -0.2) is 28.9 Å². The van der Waals surface area contributed by atoms with Gasteiger partial charge in [0.1, 0.15) is 0 Å². The molecule has 1 fully saturated rings. The maximum Gasteiger partial charge on any atom is 0.265 e. The van der Waals surface area contributed by atoms with Gasteiger partial charge in [0.15, 0.2) is 11.2 Å². The van der Waals surface area contributed by atoms with Gasteiger partial charge in [0, 0.05) is 6.92 Å². The summed E-state index contributed by atoms with van der Waals surface area (Å²) in [5.41, 5.74) is 0.535. The van der Waals surface area contributed by atoms with Gasteiger partial charge in [-0.2, -0.15) is 0 Å². The van der Waals surface area contributed by atoms with Gasteiger partial charge in [-0.25, -0.2) is 0 Å². The maximum absolute atomic E-state index is 12.2. The van der Waals surface area contributed by atoms with Crippen LogP contribution in [0.4, 0.5) is 5.69 Å². The third kappa shape index (κ3) is 2.60. The number of carbonyl (C=O) groups excluding carboxylic acids is 3. The lowest BCUT2D eigenvalue weighted by Crippen LogP contribution is -2.65. The first-order valence-electron chi connectivity index (χ1n) is 5.51. The van der Waals surface area contributed by atoms with Crippen LogP contribution in [0.3, 0.4) is 0 Å². The highest BCUT2D eigenvalue weighted by Gasteiger charge is 2.39. The Morgan fingerprint density at radius 2 is 1.95 bits per heavy atom. The molecule has 1 aliphatic heterocycles. The molecule has 98 valence electrons. The molecule has 0 aliphatic carbocycles. The minimum absolute atomic E-state index is 0.00259. The lowest BCUT2D eigenvalue weighted by atomic mass is 10.1. The Bertz CT molecular complexity index is 559. The minimum Gasteiger partial charge on any atom is -0.337 e. The zero-order valence-corrected chi connectivity index (χ0v) is 10.9. The molecule has 3 amide bonds. The summed E-state index contributed by atoms with van der Waals surface area (Å²) in [5.74, 6) is -1.66. The maximum atomic E-state index is 12.2. The second-order valence-corrected chi connectivity index (χ2v) is 4.32. The number of thiocarbonyl (C=S) groups is 1. The van der Waals surface area contributed by atoms with Crippen LogP contribution in [0.5, 0.6) is 0 Å². The molecule has 1 unspecified atom stereocenters. The van der Waals surface area contributed by atoms with E-state index in [1.54, 1.807) is 30.3 Å². The van der Waals surface area contributed by atoms with Crippen LogP contribution in [-0.2, 0) is 14.4 Å². The third-order valence-electron chi connectivity index (χ3n) is 2.52. The lowest BCUT2D eigenvalue weighted by Gasteiger charge is -2.32. The second-order valence-electron chi connectivity index (χ2n) is 3.94. The zero-order chi connectivity index (χ0) is 14.0. The molecule has 19 heavy (non-hydrogen) atoms. The summed E-state index contributed by atoms with van der Waals surface area (Å²) in [4.78, 5) is 36.1. The number of anilines is 1. The Morgan fingerprint density at radius 3 is 2.53 bits per heavy atom. The number of hydrogen-bond acceptors (Lipinski definition) is 4. The molecule has 0 saturated carbocycles. The Balaban J connectivity index is 2.33. The molecule has 1 atom stereocenters. The number of rotatable bonds is 2. The molecule has 0 bridgehead atoms. The zero-order valence-electron chi connectivity index (χ0n) is 10.0. The number of nitrogens with one attached hydrogen (secondary N) is 2. The first-order valence-corrected chi connectivity index (χ1v) is 5.92. The van der Waals surface area contributed by atoms with E-state index in [-0.39, 0.29) is 5.11 Å². The van der Waals surface area contributed by atoms with Crippen molar-refractivity contribution >= 4 is 40.7 Å². The molecule has 6 nitrogen and oxygen atoms in total. The molecule has 1 heterocycles. The molecular formula is C12H11N3O3S. The van der Waals surface area contributed by atoms with Crippen molar-refractivity contribution in [2.45, 2.75) is 13.0 Å². The van der Waals surface area contributed by atoms with Crippen LogP contribution >= 0.6 is 12.2 Å². The molecule has 1 aliphatic rings. The molecule has 2 rings (SSSR count). The van der Waals surface area contributed by atoms with Gasteiger partial charge in [-0.1, -0.05) is 18.2 Å². The number of para-hydroxylation sites is 1. The molecule has 1 aromatic carbocycles. The van der Waals surface area contributed by atoms with E-state index in [0.29, 0.717) is 5.69 Å². The van der Waals surface area contributed by atoms with Gasteiger partial charge in [0.05, 0.1) is 5.69 Å². The van der Waals surface area contributed by atoms with Gasteiger partial charge >= 0.3 is 0 Å². The van der Waals surface area contributed by atoms with E-state index in [1.165, 1.54) is 11.8 Å². The quantitative estimate of drug-likeness (QED) is 0.586. The van der Waals surface area contributed by atoms with E-state index in [0.717, 1.165) is 0 Å². The van der Waals surface area contributed by atoms with Crippen molar-refractivity contribution in [3.63, 3.8) is 0 Å². The topological polar surface area (TPSA) is 78.5 Å². The van der Waals surface area contributed by atoms with Crippen LogP contribution < -0.4 is 15.5 Å². The fourth-order valence-corrected chi connectivity index (χ4v) is 2.02. The number of carbonyl (C=O) groups is 3. The minimum atomic E-state index is -1.26. The highest BCUT2D eigenvalue weighted by molar-refractivity contribution is 7.80. The average Bonchev–Trinajstić information content (AvgIpc) is 2.35. The predicted molar refractivity (Wildman–Crippen MR) is 72.3 cm³/mol. The van der Waals surface area contributed by atoms with Crippen molar-refractivity contribution in [2.24, 2.45) is 0 Å². The lowest BCUT2D eigenvalue weighted by molar-refractivity contribution is -0.134. The standard InChI is InChI=1S/C12H11N3O3S/c1-7(16)13-9-10(17)14-12(19)15(11(9)18)8-5-3-2-4-6-8/h2-6,9H,1H3,(H,13,16)(H,14,17,19). The Kier molecular flexibility index (Phi) is 3.57. The molecular weight excluding hydrogens is 266 g/mol. The summed E-state index contributed by atoms with van der Waals surface area (Å²) in [5, 5.41) is 4.70. The summed E-state index contributed by atoms with van der Waals surface area (Å²) in [6, 6.07) is 7.40. The van der Waals surface area contributed by atoms with Crippen LogP contribution in [0.15, 0.2) is 30.3 Å². The molecule has 7 heteroatoms. The molecule has 1 aromatic rings. The van der Waals surface area contributed by atoms with Crippen LogP contribution in [0.2, 0.25) is 0 Å². The van der Waals surface area contributed by atoms with Crippen LogP contribution in [0.1, 0.15) is 6.92 Å². The van der Waals surface area contributed by atoms with Crippen LogP contribution in [0, 0.1) is 0 Å². The third-order valence-corrected chi connectivity index (χ3v) is 2.81. The second kappa shape index (κ2) is 5.15. The highest BCUT2D eigenvalue weighted by Crippen LogP contribution is 2.17. The van der Waals surface area contributed by atoms with Crippen molar-refractivity contribution in [1.29, 1.82) is 0 Å². The smallest absolute Gasteiger partial charge is 0.265 e. The van der Waals surface area contributed by atoms with Crippen LogP contribution in [0.25, 0.3) is 0 Å². The number of hydrogen-bond donors (Lipinski definition) is 2. The van der Waals surface area contributed by atoms with Gasteiger partial charge < -0.3 is 10.6 Å². The summed E-state index contributed by atoms with van der Waals surface area (Å²) in [7, 11) is 0. The van der Waals surface area contributed by atoms with Gasteiger partial charge in [-0.15, -0.1) is 0 Å². The van der Waals surface area contributed by atoms with E-state index >= 15 is 0 Å². The Hall–Kier alpha value is -2.28. The molecule has 0 spiro atoms. The number of benzene rings is 1. The normalized spacial score (nSPS) is 19.1. The van der Waals surface area contributed by atoms with Gasteiger partial charge in [0.2, 0.25) is 5.91 Å². The molecule has 0 radical (unpaired) electrons. The predicted octanol–water partition coefficient (Wildman–Crippen LogP) is -0.0610. The van der Waals surface area contributed by atoms with Crippen molar-refractivity contribution in [3.05, 3.63) is 30.3 Å². The van der Waals surface area contributed by atoms with Crippen molar-refractivity contribution in [3.8, 4) is 0 Å². The van der Waals surface area contributed by atoms with Crippen molar-refractivity contribution in [2.75, 3.05) is 4.90 Å². The molecule has 0 aromatic heterocycles. The summed E-state index contributed by atoms with van der Waals surface area (Å²) in [6.07, 6.45) is 0. The van der Waals surface area contributed by atoms with E-state index in [4.69, 9.17) is 12.2 Å². The summed E-state index contributed by atoms with van der Waals surface area (Å²) in [6.45, 7) is 1.24. The Morgan fingerprint density at radius 1 is 1.32 bits per heavy atom. The summed E-state index contributed by atoms with van der Waals surface area (Å²) >= 11 is 4.99. The SMILES string of the molecule is CC(=O)NC1C(=O)NC(=S)N(c2ccccc2)C1=O. The van der Waals surface area contributed by atoms with Gasteiger partial charge in [-0.05, 0) is 24.4 Å². The highest BCUT2D eigenvalue weighted by atomic mass is 32.1. The van der Waals surface area contributed by atoms with Gasteiger partial charge in [-0.3, -0.25) is 19.3 Å². The molecule has 1 saturated heterocycles. The van der Waals surface area contributed by atoms with Crippen molar-refractivity contribution < 1.29 is 14.4 Å². The average molecular weight is 277 g/mol. The van der Waals surface area contributed by atoms with Crippen molar-refractivity contribution in [1.82, 2.24) is 10.6 Å². The van der Waals surface area contributed by atoms with E-state index in [1.807, 2.05) is 0 Å². The first-order chi connectivity index (χ1) is 9.00. The molecule has 2 N–H and O–H groups in total. The van der Waals surface area contributed by atoms with E-state index in [2.05, 4.69) is 10.6 Å².